The summed E-state index contributed by atoms with van der Waals surface area (Å²) in [6.45, 7) is 27.3. The molecule has 15 atom stereocenters. The molecule has 3 saturated heterocycles. The predicted molar refractivity (Wildman–Crippen MR) is 299 cm³/mol. The van der Waals surface area contributed by atoms with Crippen LogP contribution in [0.1, 0.15) is 160 Å². The van der Waals surface area contributed by atoms with E-state index in [1.165, 1.54) is 12.0 Å². The van der Waals surface area contributed by atoms with Gasteiger partial charge >= 0.3 is 11.9 Å². The molecule has 0 aromatic rings. The molecule has 0 aromatic heterocycles. The van der Waals surface area contributed by atoms with Crippen LogP contribution in [0.3, 0.4) is 0 Å². The number of hydrogen-bond acceptors (Lipinski definition) is 15. The van der Waals surface area contributed by atoms with E-state index in [4.69, 9.17) is 37.9 Å². The highest BCUT2D eigenvalue weighted by Gasteiger charge is 2.53. The summed E-state index contributed by atoms with van der Waals surface area (Å²) in [6, 6.07) is -1.16. The number of amides is 1. The lowest BCUT2D eigenvalue weighted by atomic mass is 9.78. The minimum atomic E-state index is -2.44. The number of allylic oxidation sites excluding steroid dienone is 6. The van der Waals surface area contributed by atoms with Gasteiger partial charge in [-0.05, 0) is 139 Å². The summed E-state index contributed by atoms with van der Waals surface area (Å²) in [4.78, 5) is 72.6. The van der Waals surface area contributed by atoms with Crippen LogP contribution in [0, 0.1) is 40.9 Å². The van der Waals surface area contributed by atoms with Crippen molar-refractivity contribution in [3.63, 3.8) is 0 Å². The van der Waals surface area contributed by atoms with Gasteiger partial charge in [-0.25, -0.2) is 4.79 Å². The summed E-state index contributed by atoms with van der Waals surface area (Å²) in [5.74, 6) is -8.44. The van der Waals surface area contributed by atoms with E-state index < -0.39 is 101 Å². The summed E-state index contributed by atoms with van der Waals surface area (Å²) in [6.07, 6.45) is 12.3. The number of cyclic esters (lactones) is 1. The third-order valence-corrected chi connectivity index (χ3v) is 16.9. The topological polar surface area (TPSA) is 203 Å². The van der Waals surface area contributed by atoms with Crippen molar-refractivity contribution in [1.82, 2.24) is 4.90 Å². The van der Waals surface area contributed by atoms with Crippen molar-refractivity contribution >= 4 is 29.4 Å². The number of Topliss-reactive ketones (excluding diaryl/α,β-unsaturated/α-hetero) is 2. The van der Waals surface area contributed by atoms with Gasteiger partial charge in [-0.3, -0.25) is 19.2 Å². The molecule has 5 rings (SSSR count). The van der Waals surface area contributed by atoms with Crippen molar-refractivity contribution in [2.75, 3.05) is 41.1 Å². The lowest BCUT2D eigenvalue weighted by Gasteiger charge is -2.43. The maximum atomic E-state index is 14.6. The molecule has 0 radical (unpaired) electrons. The molecule has 4 fully saturated rings. The number of nitrogens with zero attached hydrogens (tertiary/aromatic N) is 1. The van der Waals surface area contributed by atoms with Crippen molar-refractivity contribution in [3.05, 3.63) is 59.8 Å². The van der Waals surface area contributed by atoms with E-state index in [2.05, 4.69) is 26.5 Å². The van der Waals surface area contributed by atoms with Crippen molar-refractivity contribution in [1.29, 1.82) is 0 Å². The molecule has 1 saturated carbocycles. The Morgan fingerprint density at radius 3 is 2.17 bits per heavy atom. The highest BCUT2D eigenvalue weighted by molar-refractivity contribution is 6.39. The van der Waals surface area contributed by atoms with Crippen molar-refractivity contribution in [2.24, 2.45) is 40.9 Å². The third kappa shape index (κ3) is 17.6. The Balaban J connectivity index is 0.00000648. The molecule has 16 heteroatoms. The highest BCUT2D eigenvalue weighted by atomic mass is 16.7. The van der Waals surface area contributed by atoms with Gasteiger partial charge in [-0.1, -0.05) is 91.5 Å². The van der Waals surface area contributed by atoms with Gasteiger partial charge in [-0.2, -0.15) is 0 Å². The molecule has 2 N–H and O–H groups in total. The summed E-state index contributed by atoms with van der Waals surface area (Å²) in [7, 11) is 4.71. The van der Waals surface area contributed by atoms with Crippen LogP contribution in [-0.4, -0.2) is 146 Å². The Bertz CT molecular complexity index is 2140. The van der Waals surface area contributed by atoms with Gasteiger partial charge < -0.3 is 53.0 Å². The highest BCUT2D eigenvalue weighted by Crippen LogP contribution is 2.39. The minimum Gasteiger partial charge on any atom is -0.460 e. The average Bonchev–Trinajstić information content (AvgIpc) is 3.47. The van der Waals surface area contributed by atoms with E-state index >= 15 is 0 Å². The van der Waals surface area contributed by atoms with Crippen LogP contribution >= 0.6 is 0 Å². The average molecular weight is 1100 g/mol. The number of piperidine rings is 1. The number of hydrogen-bond donors (Lipinski definition) is 2. The molecule has 16 nitrogen and oxygen atoms in total. The maximum absolute atomic E-state index is 14.6. The van der Waals surface area contributed by atoms with Gasteiger partial charge in [0.25, 0.3) is 11.7 Å². The second-order valence-electron chi connectivity index (χ2n) is 23.7. The van der Waals surface area contributed by atoms with Crippen LogP contribution in [0.15, 0.2) is 59.8 Å². The predicted octanol–water partition coefficient (Wildman–Crippen LogP) is 9.53. The molecule has 15 unspecified atom stereocenters. The smallest absolute Gasteiger partial charge is 0.329 e. The van der Waals surface area contributed by atoms with Crippen LogP contribution < -0.4 is 0 Å². The van der Waals surface area contributed by atoms with Crippen LogP contribution in [-0.2, 0) is 61.9 Å². The number of esters is 2. The van der Waals surface area contributed by atoms with Crippen molar-refractivity contribution < 1.29 is 72.1 Å². The summed E-state index contributed by atoms with van der Waals surface area (Å²) in [5.41, 5.74) is 1.18. The normalized spacial score (nSPS) is 37.9. The van der Waals surface area contributed by atoms with Crippen LogP contribution in [0.2, 0.25) is 0 Å². The molecule has 0 aromatic carbocycles. The summed E-state index contributed by atoms with van der Waals surface area (Å²) < 4.78 is 48.0. The van der Waals surface area contributed by atoms with E-state index in [1.54, 1.807) is 61.8 Å². The molecular formula is C62H99NO15. The standard InChI is InChI=1S/C60H93NO15.C2H6/c1-36-20-16-15-17-21-37(2)49(69-12)32-45-25-23-42(7)60(68,76-45)54(64)55(65)61-27-19-18-22-46(61)56(66)74-50(33-47(62)39(4)29-41(6)52(63)53(71-14)43(8)38(3)28-36)40(5)30-44-24-26-48(51(31-44)70-13)75-57(67)59(11)34-72-58(9,10)73-35-59;1-2/h15-17,20-21,29,36,38-40,42,44-46,48-53,63,68H,8,18-19,22-28,30-35H2,1-7,9-14H3;1-2H3/b17-15+,20-16+,37-21+,41-29+;. The Hall–Kier alpha value is -3.87. The molecular weight excluding hydrogens is 999 g/mol. The van der Waals surface area contributed by atoms with Crippen LogP contribution in [0.25, 0.3) is 0 Å². The molecule has 0 spiro atoms. The van der Waals surface area contributed by atoms with Gasteiger partial charge in [0.05, 0.1) is 31.5 Å². The molecule has 1 amide bonds. The lowest BCUT2D eigenvalue weighted by Crippen LogP contribution is -2.61. The fraction of sp³-hybridized carbons (Fsp3) is 0.758. The van der Waals surface area contributed by atoms with Gasteiger partial charge in [0, 0.05) is 52.6 Å². The second kappa shape index (κ2) is 30.3. The number of aliphatic hydroxyl groups is 2. The lowest BCUT2D eigenvalue weighted by molar-refractivity contribution is -0.283. The van der Waals surface area contributed by atoms with Gasteiger partial charge in [-0.15, -0.1) is 0 Å². The number of aliphatic hydroxyl groups excluding tert-OH is 1. The van der Waals surface area contributed by atoms with Crippen molar-refractivity contribution in [3.8, 4) is 0 Å². The Morgan fingerprint density at radius 1 is 0.846 bits per heavy atom. The van der Waals surface area contributed by atoms with E-state index in [1.807, 2.05) is 52.0 Å². The first kappa shape index (κ1) is 66.6. The molecule has 1 aliphatic carbocycles. The minimum absolute atomic E-state index is 0.0201. The molecule has 78 heavy (non-hydrogen) atoms. The zero-order chi connectivity index (χ0) is 58.3. The second-order valence-corrected chi connectivity index (χ2v) is 23.7. The number of methoxy groups -OCH3 is 3. The van der Waals surface area contributed by atoms with E-state index in [-0.39, 0.29) is 62.1 Å². The van der Waals surface area contributed by atoms with Crippen LogP contribution in [0.4, 0.5) is 0 Å². The van der Waals surface area contributed by atoms with E-state index in [0.29, 0.717) is 63.4 Å². The summed E-state index contributed by atoms with van der Waals surface area (Å²) >= 11 is 0. The Kier molecular flexibility index (Phi) is 25.9. The quantitative estimate of drug-likeness (QED) is 0.132. The number of fused-ring (bicyclic) bond motifs is 3. The molecule has 4 aliphatic heterocycles. The molecule has 4 heterocycles. The van der Waals surface area contributed by atoms with E-state index in [0.717, 1.165) is 17.6 Å². The monoisotopic (exact) mass is 1100 g/mol. The number of carbonyl (C=O) groups is 5. The maximum Gasteiger partial charge on any atom is 0.329 e. The fourth-order valence-electron chi connectivity index (χ4n) is 11.5. The number of ether oxygens (including phenoxy) is 8. The molecule has 5 aliphatic rings. The molecule has 2 bridgehead atoms. The fourth-order valence-corrected chi connectivity index (χ4v) is 11.5. The first-order valence-corrected chi connectivity index (χ1v) is 28.9. The number of ketones is 2. The van der Waals surface area contributed by atoms with Crippen LogP contribution in [0.5, 0.6) is 0 Å². The Labute approximate surface area is 467 Å². The third-order valence-electron chi connectivity index (χ3n) is 16.9. The zero-order valence-corrected chi connectivity index (χ0v) is 50.0. The zero-order valence-electron chi connectivity index (χ0n) is 50.0. The SMILES string of the molecule is C=C1C(C)CC(C)/C=C/C=C/C=C(\C)C(OC)CC2CCC(C)C(O)(O2)C(=O)C(=O)N2CCCCC2C(=O)OC(C(C)CC2CCC(OC(=O)C3(C)COC(C)(C)OC3)C(OC)C2)CC(=O)C(C)/C=C(\C)C(O)C1OC.CC. The van der Waals surface area contributed by atoms with Crippen molar-refractivity contribution in [2.45, 2.75) is 220 Å². The summed E-state index contributed by atoms with van der Waals surface area (Å²) in [5, 5.41) is 23.8. The van der Waals surface area contributed by atoms with Gasteiger partial charge in [0.2, 0.25) is 5.79 Å². The van der Waals surface area contributed by atoms with E-state index in [9.17, 15) is 34.2 Å². The molecule has 442 valence electrons. The first-order valence-electron chi connectivity index (χ1n) is 28.9. The largest absolute Gasteiger partial charge is 0.460 e. The van der Waals surface area contributed by atoms with Gasteiger partial charge in [0.1, 0.15) is 41.7 Å². The number of carbonyl (C=O) groups excluding carboxylic acids is 5. The van der Waals surface area contributed by atoms with Gasteiger partial charge in [0.15, 0.2) is 5.79 Å². The first-order chi connectivity index (χ1) is 36.8. The number of rotatable bonds is 8. The Morgan fingerprint density at radius 2 is 1.53 bits per heavy atom.